The van der Waals surface area contributed by atoms with Crippen LogP contribution in [0.5, 0.6) is 0 Å². The highest BCUT2D eigenvalue weighted by Crippen LogP contribution is 2.28. The molecule has 0 spiro atoms. The number of allylic oxidation sites excluding steroid dienone is 1. The molecular formula is C12H20O2. The molecule has 0 radical (unpaired) electrons. The highest BCUT2D eigenvalue weighted by atomic mass is 16.4. The van der Waals surface area contributed by atoms with Gasteiger partial charge in [0.15, 0.2) is 0 Å². The minimum atomic E-state index is -0.646. The van der Waals surface area contributed by atoms with Gasteiger partial charge in [-0.05, 0) is 38.0 Å². The Balaban J connectivity index is 2.66. The van der Waals surface area contributed by atoms with E-state index in [9.17, 15) is 4.79 Å². The Morgan fingerprint density at radius 2 is 2.21 bits per heavy atom. The lowest BCUT2D eigenvalue weighted by molar-refractivity contribution is -0.141. The lowest BCUT2D eigenvalue weighted by Gasteiger charge is -2.21. The molecule has 2 heteroatoms. The van der Waals surface area contributed by atoms with Crippen molar-refractivity contribution in [2.45, 2.75) is 46.0 Å². The molecule has 14 heavy (non-hydrogen) atoms. The molecule has 1 aliphatic rings. The van der Waals surface area contributed by atoms with E-state index in [1.54, 1.807) is 0 Å². The zero-order valence-corrected chi connectivity index (χ0v) is 9.12. The first-order chi connectivity index (χ1) is 6.61. The fourth-order valence-electron chi connectivity index (χ4n) is 2.06. The summed E-state index contributed by atoms with van der Waals surface area (Å²) in [5, 5.41) is 9.13. The third-order valence-electron chi connectivity index (χ3n) is 2.78. The first kappa shape index (κ1) is 11.3. The molecule has 1 atom stereocenters. The van der Waals surface area contributed by atoms with Crippen molar-refractivity contribution in [2.75, 3.05) is 0 Å². The molecule has 1 N–H and O–H groups in total. The Bertz CT molecular complexity index is 228. The SMILES string of the molecule is CC(C)CC(C(=O)O)C1=CCCCC1. The van der Waals surface area contributed by atoms with Crippen LogP contribution in [0.25, 0.3) is 0 Å². The molecule has 0 aromatic rings. The zero-order chi connectivity index (χ0) is 10.6. The van der Waals surface area contributed by atoms with E-state index in [1.807, 2.05) is 0 Å². The number of carbonyl (C=O) groups is 1. The van der Waals surface area contributed by atoms with Crippen molar-refractivity contribution in [3.8, 4) is 0 Å². The summed E-state index contributed by atoms with van der Waals surface area (Å²) in [5.74, 6) is -0.416. The number of carboxylic acids is 1. The van der Waals surface area contributed by atoms with Gasteiger partial charge in [0, 0.05) is 0 Å². The molecular weight excluding hydrogens is 176 g/mol. The molecule has 0 amide bonds. The van der Waals surface area contributed by atoms with Crippen LogP contribution in [0.1, 0.15) is 46.0 Å². The second-order valence-corrected chi connectivity index (χ2v) is 4.55. The molecule has 0 heterocycles. The Morgan fingerprint density at radius 1 is 1.50 bits per heavy atom. The molecule has 0 fully saturated rings. The average molecular weight is 196 g/mol. The monoisotopic (exact) mass is 196 g/mol. The number of aliphatic carboxylic acids is 1. The van der Waals surface area contributed by atoms with Crippen molar-refractivity contribution in [1.29, 1.82) is 0 Å². The second-order valence-electron chi connectivity index (χ2n) is 4.55. The van der Waals surface area contributed by atoms with E-state index in [1.165, 1.54) is 6.42 Å². The third kappa shape index (κ3) is 3.17. The van der Waals surface area contributed by atoms with Gasteiger partial charge in [0.2, 0.25) is 0 Å². The minimum absolute atomic E-state index is 0.227. The second kappa shape index (κ2) is 5.18. The van der Waals surface area contributed by atoms with Gasteiger partial charge in [-0.3, -0.25) is 4.79 Å². The van der Waals surface area contributed by atoms with Crippen LogP contribution in [0.3, 0.4) is 0 Å². The van der Waals surface area contributed by atoms with Crippen molar-refractivity contribution in [1.82, 2.24) is 0 Å². The van der Waals surface area contributed by atoms with Crippen molar-refractivity contribution in [3.63, 3.8) is 0 Å². The van der Waals surface area contributed by atoms with Gasteiger partial charge in [-0.25, -0.2) is 0 Å². The number of hydrogen-bond donors (Lipinski definition) is 1. The summed E-state index contributed by atoms with van der Waals surface area (Å²) in [5.41, 5.74) is 1.16. The largest absolute Gasteiger partial charge is 0.481 e. The normalized spacial score (nSPS) is 19.2. The minimum Gasteiger partial charge on any atom is -0.481 e. The maximum Gasteiger partial charge on any atom is 0.310 e. The smallest absolute Gasteiger partial charge is 0.310 e. The Labute approximate surface area is 86.0 Å². The molecule has 80 valence electrons. The van der Waals surface area contributed by atoms with Crippen LogP contribution < -0.4 is 0 Å². The molecule has 1 unspecified atom stereocenters. The highest BCUT2D eigenvalue weighted by molar-refractivity contribution is 5.73. The quantitative estimate of drug-likeness (QED) is 0.701. The summed E-state index contributed by atoms with van der Waals surface area (Å²) in [6, 6.07) is 0. The summed E-state index contributed by atoms with van der Waals surface area (Å²) < 4.78 is 0. The standard InChI is InChI=1S/C12H20O2/c1-9(2)8-11(12(13)14)10-6-4-3-5-7-10/h6,9,11H,3-5,7-8H2,1-2H3,(H,13,14). The van der Waals surface area contributed by atoms with Crippen LogP contribution in [0.2, 0.25) is 0 Å². The number of carboxylic acid groups (broad SMARTS) is 1. The van der Waals surface area contributed by atoms with Gasteiger partial charge in [0.1, 0.15) is 0 Å². The fourth-order valence-corrected chi connectivity index (χ4v) is 2.06. The van der Waals surface area contributed by atoms with Gasteiger partial charge in [-0.1, -0.05) is 25.5 Å². The van der Waals surface area contributed by atoms with E-state index < -0.39 is 5.97 Å². The van der Waals surface area contributed by atoms with E-state index >= 15 is 0 Å². The third-order valence-corrected chi connectivity index (χ3v) is 2.78. The highest BCUT2D eigenvalue weighted by Gasteiger charge is 2.23. The lowest BCUT2D eigenvalue weighted by Crippen LogP contribution is -2.19. The average Bonchev–Trinajstić information content (AvgIpc) is 2.15. The van der Waals surface area contributed by atoms with Gasteiger partial charge in [0.25, 0.3) is 0 Å². The molecule has 1 aliphatic carbocycles. The number of rotatable bonds is 4. The van der Waals surface area contributed by atoms with Crippen molar-refractivity contribution in [3.05, 3.63) is 11.6 Å². The van der Waals surface area contributed by atoms with Crippen molar-refractivity contribution in [2.24, 2.45) is 11.8 Å². The van der Waals surface area contributed by atoms with Gasteiger partial charge in [-0.2, -0.15) is 0 Å². The van der Waals surface area contributed by atoms with Gasteiger partial charge in [-0.15, -0.1) is 0 Å². The predicted octanol–water partition coefficient (Wildman–Crippen LogP) is 3.23. The van der Waals surface area contributed by atoms with Crippen LogP contribution in [-0.4, -0.2) is 11.1 Å². The van der Waals surface area contributed by atoms with E-state index in [0.29, 0.717) is 5.92 Å². The van der Waals surface area contributed by atoms with Crippen LogP contribution in [-0.2, 0) is 4.79 Å². The summed E-state index contributed by atoms with van der Waals surface area (Å²) in [7, 11) is 0. The van der Waals surface area contributed by atoms with Crippen LogP contribution in [0, 0.1) is 11.8 Å². The summed E-state index contributed by atoms with van der Waals surface area (Å²) >= 11 is 0. The van der Waals surface area contributed by atoms with Crippen LogP contribution in [0.15, 0.2) is 11.6 Å². The van der Waals surface area contributed by atoms with E-state index in [2.05, 4.69) is 19.9 Å². The fraction of sp³-hybridized carbons (Fsp3) is 0.750. The molecule has 1 rings (SSSR count). The molecule has 0 bridgehead atoms. The Morgan fingerprint density at radius 3 is 2.64 bits per heavy atom. The molecule has 0 saturated carbocycles. The molecule has 0 aliphatic heterocycles. The van der Waals surface area contributed by atoms with E-state index in [0.717, 1.165) is 31.3 Å². The molecule has 0 aromatic carbocycles. The van der Waals surface area contributed by atoms with E-state index in [4.69, 9.17) is 5.11 Å². The molecule has 2 nitrogen and oxygen atoms in total. The number of hydrogen-bond acceptors (Lipinski definition) is 1. The van der Waals surface area contributed by atoms with E-state index in [-0.39, 0.29) is 5.92 Å². The first-order valence-electron chi connectivity index (χ1n) is 5.53. The van der Waals surface area contributed by atoms with Gasteiger partial charge in [0.05, 0.1) is 5.92 Å². The lowest BCUT2D eigenvalue weighted by atomic mass is 9.84. The topological polar surface area (TPSA) is 37.3 Å². The van der Waals surface area contributed by atoms with Crippen LogP contribution in [0.4, 0.5) is 0 Å². The Hall–Kier alpha value is -0.790. The van der Waals surface area contributed by atoms with Gasteiger partial charge < -0.3 is 5.11 Å². The predicted molar refractivity (Wildman–Crippen MR) is 57.1 cm³/mol. The Kier molecular flexibility index (Phi) is 4.18. The first-order valence-corrected chi connectivity index (χ1v) is 5.53. The van der Waals surface area contributed by atoms with Gasteiger partial charge >= 0.3 is 5.97 Å². The maximum atomic E-state index is 11.1. The zero-order valence-electron chi connectivity index (χ0n) is 9.12. The van der Waals surface area contributed by atoms with Crippen molar-refractivity contribution >= 4 is 5.97 Å². The summed E-state index contributed by atoms with van der Waals surface area (Å²) in [6.07, 6.45) is 7.36. The summed E-state index contributed by atoms with van der Waals surface area (Å²) in [6.45, 7) is 4.17. The molecule has 0 saturated heterocycles. The summed E-state index contributed by atoms with van der Waals surface area (Å²) in [4.78, 5) is 11.1. The maximum absolute atomic E-state index is 11.1. The van der Waals surface area contributed by atoms with Crippen molar-refractivity contribution < 1.29 is 9.90 Å². The van der Waals surface area contributed by atoms with Crippen LogP contribution >= 0.6 is 0 Å². The molecule has 0 aromatic heterocycles.